The van der Waals surface area contributed by atoms with Gasteiger partial charge in [-0.25, -0.2) is 0 Å². The van der Waals surface area contributed by atoms with Crippen molar-refractivity contribution in [2.75, 3.05) is 11.4 Å². The van der Waals surface area contributed by atoms with E-state index < -0.39 is 11.9 Å². The van der Waals surface area contributed by atoms with Gasteiger partial charge in [0.2, 0.25) is 5.52 Å². The lowest BCUT2D eigenvalue weighted by Crippen LogP contribution is -3.00. The molecule has 4 rings (SSSR count). The molecule has 0 saturated heterocycles. The molecule has 0 aliphatic carbocycles. The van der Waals surface area contributed by atoms with E-state index in [-0.39, 0.29) is 25.2 Å². The quantitative estimate of drug-likeness (QED) is 0.304. The molecular formula is C27H25ClN2O4S2. The van der Waals surface area contributed by atoms with Crippen LogP contribution in [0.5, 0.6) is 0 Å². The number of aromatic nitrogens is 1. The number of fused-ring (bicyclic) bond motifs is 2. The molecule has 3 aromatic rings. The molecule has 0 radical (unpaired) electrons. The van der Waals surface area contributed by atoms with Gasteiger partial charge in [0.25, 0.3) is 5.01 Å². The molecule has 2 heterocycles. The van der Waals surface area contributed by atoms with Crippen LogP contribution in [-0.2, 0) is 16.1 Å². The van der Waals surface area contributed by atoms with Crippen LogP contribution >= 0.6 is 23.1 Å². The number of aryl methyl sites for hydroxylation is 1. The molecule has 1 aliphatic heterocycles. The Hall–Kier alpha value is -3.33. The molecule has 2 N–H and O–H groups in total. The zero-order valence-electron chi connectivity index (χ0n) is 19.3. The highest BCUT2D eigenvalue weighted by molar-refractivity contribution is 8.03. The summed E-state index contributed by atoms with van der Waals surface area (Å²) in [7, 11) is 0. The lowest BCUT2D eigenvalue weighted by molar-refractivity contribution is -0.667. The van der Waals surface area contributed by atoms with Crippen LogP contribution in [0.15, 0.2) is 94.9 Å². The van der Waals surface area contributed by atoms with E-state index in [1.54, 1.807) is 23.1 Å². The van der Waals surface area contributed by atoms with E-state index in [9.17, 15) is 9.59 Å². The third-order valence-electron chi connectivity index (χ3n) is 5.29. The van der Waals surface area contributed by atoms with Crippen molar-refractivity contribution in [2.24, 2.45) is 0 Å². The van der Waals surface area contributed by atoms with E-state index in [4.69, 9.17) is 10.2 Å². The fourth-order valence-electron chi connectivity index (χ4n) is 3.70. The zero-order chi connectivity index (χ0) is 24.6. The first kappa shape index (κ1) is 27.3. The van der Waals surface area contributed by atoms with Gasteiger partial charge in [-0.1, -0.05) is 77.7 Å². The number of carboxylic acids is 2. The van der Waals surface area contributed by atoms with Crippen LogP contribution < -0.4 is 21.9 Å². The van der Waals surface area contributed by atoms with Crippen molar-refractivity contribution in [3.05, 3.63) is 95.0 Å². The molecule has 0 atom stereocenters. The largest absolute Gasteiger partial charge is 1.00 e. The molecule has 186 valence electrons. The minimum atomic E-state index is -0.813. The fraction of sp³-hybridized carbons (Fsp3) is 0.148. The second kappa shape index (κ2) is 13.1. The molecule has 2 aromatic carbocycles. The summed E-state index contributed by atoms with van der Waals surface area (Å²) in [6, 6.07) is 16.0. The zero-order valence-corrected chi connectivity index (χ0v) is 21.7. The van der Waals surface area contributed by atoms with Gasteiger partial charge < -0.3 is 27.5 Å². The number of carbonyl (C=O) groups is 2. The summed E-state index contributed by atoms with van der Waals surface area (Å²) in [5.74, 6) is -1.63. The maximum absolute atomic E-state index is 11.1. The minimum Gasteiger partial charge on any atom is -1.00 e. The lowest BCUT2D eigenvalue weighted by atomic mass is 10.2. The number of nitrogens with zero attached hydrogens (tertiary/aromatic N) is 2. The molecule has 1 aliphatic rings. The number of para-hydroxylation sites is 2. The number of halogens is 1. The Bertz CT molecular complexity index is 1360. The van der Waals surface area contributed by atoms with Gasteiger partial charge in [-0.3, -0.25) is 9.59 Å². The van der Waals surface area contributed by atoms with Crippen LogP contribution in [-0.4, -0.2) is 28.7 Å². The third-order valence-corrected chi connectivity index (χ3v) is 7.56. The molecular weight excluding hydrogens is 516 g/mol. The molecule has 6 nitrogen and oxygen atoms in total. The van der Waals surface area contributed by atoms with E-state index in [1.165, 1.54) is 0 Å². The Kier molecular flexibility index (Phi) is 9.93. The highest BCUT2D eigenvalue weighted by atomic mass is 35.5. The summed E-state index contributed by atoms with van der Waals surface area (Å²) in [5.41, 5.74) is 2.08. The molecule has 9 heteroatoms. The van der Waals surface area contributed by atoms with Crippen LogP contribution in [0.1, 0.15) is 17.8 Å². The molecule has 0 saturated carbocycles. The van der Waals surface area contributed by atoms with Crippen LogP contribution in [0.4, 0.5) is 5.69 Å². The fourth-order valence-corrected chi connectivity index (χ4v) is 5.90. The maximum atomic E-state index is 11.1. The normalized spacial score (nSPS) is 14.3. The highest BCUT2D eigenvalue weighted by Gasteiger charge is 2.24. The number of thioether (sulfide) groups is 1. The summed E-state index contributed by atoms with van der Waals surface area (Å²) < 4.78 is 3.16. The first-order valence-corrected chi connectivity index (χ1v) is 12.8. The summed E-state index contributed by atoms with van der Waals surface area (Å²) in [6.45, 7) is 0.850. The monoisotopic (exact) mass is 540 g/mol. The minimum absolute atomic E-state index is 0. The Labute approximate surface area is 224 Å². The average Bonchev–Trinajstić information content (AvgIpc) is 3.38. The van der Waals surface area contributed by atoms with Gasteiger partial charge in [-0.05, 0) is 24.3 Å². The van der Waals surface area contributed by atoms with E-state index in [0.29, 0.717) is 13.1 Å². The van der Waals surface area contributed by atoms with Gasteiger partial charge in [0.1, 0.15) is 11.1 Å². The van der Waals surface area contributed by atoms with E-state index >= 15 is 0 Å². The average molecular weight is 541 g/mol. The van der Waals surface area contributed by atoms with Crippen molar-refractivity contribution in [3.63, 3.8) is 0 Å². The van der Waals surface area contributed by atoms with E-state index in [1.807, 2.05) is 101 Å². The van der Waals surface area contributed by atoms with Crippen molar-refractivity contribution in [2.45, 2.75) is 24.3 Å². The summed E-state index contributed by atoms with van der Waals surface area (Å²) >= 11 is 3.27. The van der Waals surface area contributed by atoms with Crippen molar-refractivity contribution < 1.29 is 36.8 Å². The number of aliphatic carboxylic acids is 2. The van der Waals surface area contributed by atoms with Crippen LogP contribution in [0.2, 0.25) is 0 Å². The Balaban J connectivity index is 0.00000361. The first-order valence-electron chi connectivity index (χ1n) is 11.1. The van der Waals surface area contributed by atoms with Crippen molar-refractivity contribution in [3.8, 4) is 0 Å². The van der Waals surface area contributed by atoms with Crippen molar-refractivity contribution >= 4 is 57.0 Å². The number of rotatable bonds is 10. The summed E-state index contributed by atoms with van der Waals surface area (Å²) in [5, 5.41) is 20.2. The Morgan fingerprint density at radius 1 is 0.889 bits per heavy atom. The van der Waals surface area contributed by atoms with Gasteiger partial charge >= 0.3 is 11.9 Å². The third kappa shape index (κ3) is 6.87. The number of hydrogen-bond acceptors (Lipinski definition) is 5. The lowest BCUT2D eigenvalue weighted by Gasteiger charge is -2.19. The van der Waals surface area contributed by atoms with Crippen LogP contribution in [0, 0.1) is 0 Å². The molecule has 36 heavy (non-hydrogen) atoms. The second-order valence-corrected chi connectivity index (χ2v) is 9.83. The number of carboxylic acid groups (broad SMARTS) is 2. The predicted molar refractivity (Wildman–Crippen MR) is 142 cm³/mol. The first-order chi connectivity index (χ1) is 17.0. The number of thiazole rings is 1. The number of benzene rings is 2. The maximum Gasteiger partial charge on any atom is 0.309 e. The van der Waals surface area contributed by atoms with Crippen molar-refractivity contribution in [1.82, 2.24) is 0 Å². The predicted octanol–water partition coefficient (Wildman–Crippen LogP) is 2.72. The van der Waals surface area contributed by atoms with Gasteiger partial charge in [0.15, 0.2) is 6.54 Å². The van der Waals surface area contributed by atoms with Gasteiger partial charge in [0.05, 0.1) is 17.1 Å². The Morgan fingerprint density at radius 2 is 1.58 bits per heavy atom. The summed E-state index contributed by atoms with van der Waals surface area (Å²) in [4.78, 5) is 25.3. The number of hydrogen-bond donors (Lipinski definition) is 2. The molecule has 0 amide bonds. The van der Waals surface area contributed by atoms with Gasteiger partial charge in [-0.2, -0.15) is 4.57 Å². The molecule has 0 bridgehead atoms. The van der Waals surface area contributed by atoms with Gasteiger partial charge in [0, 0.05) is 23.6 Å². The number of anilines is 1. The highest BCUT2D eigenvalue weighted by Crippen LogP contribution is 2.45. The number of allylic oxidation sites excluding steroid dienone is 6. The summed E-state index contributed by atoms with van der Waals surface area (Å²) in [6.07, 6.45) is 13.8. The SMILES string of the molecule is O=C(O)CCN1\C(=C/C=C/C=C/C=C/c2sc3ccccc3[n+]2CCC(=O)O)Sc2ccccc21.[Cl-]. The van der Waals surface area contributed by atoms with Crippen LogP contribution in [0.25, 0.3) is 16.3 Å². The second-order valence-electron chi connectivity index (χ2n) is 7.70. The smallest absolute Gasteiger partial charge is 0.309 e. The van der Waals surface area contributed by atoms with E-state index in [0.717, 1.165) is 30.8 Å². The molecule has 0 fully saturated rings. The Morgan fingerprint density at radius 3 is 2.39 bits per heavy atom. The van der Waals surface area contributed by atoms with Gasteiger partial charge in [-0.15, -0.1) is 0 Å². The molecule has 1 aromatic heterocycles. The van der Waals surface area contributed by atoms with Crippen LogP contribution in [0.3, 0.4) is 0 Å². The van der Waals surface area contributed by atoms with Crippen molar-refractivity contribution in [1.29, 1.82) is 0 Å². The molecule has 0 spiro atoms. The molecule has 0 unspecified atom stereocenters. The topological polar surface area (TPSA) is 81.7 Å². The van der Waals surface area contributed by atoms with E-state index in [2.05, 4.69) is 0 Å². The standard InChI is InChI=1S/C27H24N2O4S2.ClH/c30-26(31)16-18-28-20-10-6-8-12-22(20)34-24(28)14-4-2-1-3-5-15-25-29(19-17-27(32)33)21-11-7-9-13-23(21)35-25;/h1-15H,16-19H2,(H-,30,31,32,33);1H.